The number of carbonyl (C=O) groups excluding carboxylic acids is 1. The minimum Gasteiger partial charge on any atom is -0.469 e. The van der Waals surface area contributed by atoms with Crippen LogP contribution < -0.4 is 5.73 Å². The van der Waals surface area contributed by atoms with Crippen molar-refractivity contribution in [2.45, 2.75) is 32.7 Å². The first kappa shape index (κ1) is 13.7. The van der Waals surface area contributed by atoms with Gasteiger partial charge in [0.2, 0.25) is 0 Å². The molecule has 0 saturated heterocycles. The van der Waals surface area contributed by atoms with Gasteiger partial charge in [0.25, 0.3) is 0 Å². The van der Waals surface area contributed by atoms with Gasteiger partial charge in [-0.25, -0.2) is 0 Å². The van der Waals surface area contributed by atoms with Crippen molar-refractivity contribution >= 4 is 5.97 Å². The second-order valence-electron chi connectivity index (χ2n) is 4.73. The Morgan fingerprint density at radius 2 is 1.88 bits per heavy atom. The Morgan fingerprint density at radius 3 is 2.35 bits per heavy atom. The van der Waals surface area contributed by atoms with E-state index in [0.29, 0.717) is 5.92 Å². The SMILES string of the molecule is COC(=O)C[C@@H](N)c1ccc(CC(C)C)cc1. The summed E-state index contributed by atoms with van der Waals surface area (Å²) >= 11 is 0. The molecule has 0 bridgehead atoms. The van der Waals surface area contributed by atoms with Crippen molar-refractivity contribution in [3.8, 4) is 0 Å². The van der Waals surface area contributed by atoms with Crippen molar-refractivity contribution in [2.24, 2.45) is 11.7 Å². The average Bonchev–Trinajstić information content (AvgIpc) is 2.28. The van der Waals surface area contributed by atoms with E-state index in [1.807, 2.05) is 12.1 Å². The maximum atomic E-state index is 11.1. The third-order valence-corrected chi connectivity index (χ3v) is 2.67. The van der Waals surface area contributed by atoms with Crippen LogP contribution in [0, 0.1) is 5.92 Å². The largest absolute Gasteiger partial charge is 0.469 e. The number of methoxy groups -OCH3 is 1. The van der Waals surface area contributed by atoms with Gasteiger partial charge in [-0.2, -0.15) is 0 Å². The Balaban J connectivity index is 2.63. The standard InChI is InChI=1S/C14H21NO2/c1-10(2)8-11-4-6-12(7-5-11)13(15)9-14(16)17-3/h4-7,10,13H,8-9,15H2,1-3H3/t13-/m1/s1. The number of benzene rings is 1. The van der Waals surface area contributed by atoms with Gasteiger partial charge in [-0.15, -0.1) is 0 Å². The van der Waals surface area contributed by atoms with Crippen molar-refractivity contribution in [3.63, 3.8) is 0 Å². The molecule has 1 rings (SSSR count). The van der Waals surface area contributed by atoms with Crippen LogP contribution in [0.2, 0.25) is 0 Å². The molecule has 1 aromatic rings. The van der Waals surface area contributed by atoms with Gasteiger partial charge in [-0.05, 0) is 23.5 Å². The molecule has 0 fully saturated rings. The molecular formula is C14H21NO2. The predicted molar refractivity (Wildman–Crippen MR) is 68.5 cm³/mol. The van der Waals surface area contributed by atoms with Crippen molar-refractivity contribution in [1.82, 2.24) is 0 Å². The maximum absolute atomic E-state index is 11.1. The van der Waals surface area contributed by atoms with Gasteiger partial charge in [0.05, 0.1) is 13.5 Å². The lowest BCUT2D eigenvalue weighted by atomic mass is 9.98. The van der Waals surface area contributed by atoms with Gasteiger partial charge in [-0.1, -0.05) is 38.1 Å². The highest BCUT2D eigenvalue weighted by Crippen LogP contribution is 2.16. The molecule has 0 spiro atoms. The van der Waals surface area contributed by atoms with Gasteiger partial charge in [0.1, 0.15) is 0 Å². The van der Waals surface area contributed by atoms with Gasteiger partial charge in [-0.3, -0.25) is 4.79 Å². The second kappa shape index (κ2) is 6.40. The third-order valence-electron chi connectivity index (χ3n) is 2.67. The number of carbonyl (C=O) groups is 1. The number of ether oxygens (including phenoxy) is 1. The minimum absolute atomic E-state index is 0.222. The summed E-state index contributed by atoms with van der Waals surface area (Å²) in [6, 6.07) is 7.85. The summed E-state index contributed by atoms with van der Waals surface area (Å²) < 4.78 is 4.60. The van der Waals surface area contributed by atoms with Crippen LogP contribution in [0.25, 0.3) is 0 Å². The van der Waals surface area contributed by atoms with Crippen molar-refractivity contribution < 1.29 is 9.53 Å². The normalized spacial score (nSPS) is 12.5. The highest BCUT2D eigenvalue weighted by molar-refractivity contribution is 5.70. The topological polar surface area (TPSA) is 52.3 Å². The average molecular weight is 235 g/mol. The van der Waals surface area contributed by atoms with Crippen molar-refractivity contribution in [2.75, 3.05) is 7.11 Å². The van der Waals surface area contributed by atoms with Gasteiger partial charge < -0.3 is 10.5 Å². The van der Waals surface area contributed by atoms with E-state index in [1.54, 1.807) is 0 Å². The fraction of sp³-hybridized carbons (Fsp3) is 0.500. The monoisotopic (exact) mass is 235 g/mol. The first-order valence-electron chi connectivity index (χ1n) is 5.94. The van der Waals surface area contributed by atoms with Gasteiger partial charge in [0.15, 0.2) is 0 Å². The van der Waals surface area contributed by atoms with Crippen molar-refractivity contribution in [1.29, 1.82) is 0 Å². The van der Waals surface area contributed by atoms with Crippen LogP contribution in [0.1, 0.15) is 37.4 Å². The van der Waals surface area contributed by atoms with Gasteiger partial charge >= 0.3 is 5.97 Å². The van der Waals surface area contributed by atoms with E-state index in [1.165, 1.54) is 12.7 Å². The summed E-state index contributed by atoms with van der Waals surface area (Å²) in [4.78, 5) is 11.1. The van der Waals surface area contributed by atoms with Crippen LogP contribution in [-0.2, 0) is 16.0 Å². The van der Waals surface area contributed by atoms with Crippen LogP contribution in [0.5, 0.6) is 0 Å². The van der Waals surface area contributed by atoms with Crippen LogP contribution >= 0.6 is 0 Å². The predicted octanol–water partition coefficient (Wildman–Crippen LogP) is 2.45. The Bertz CT molecular complexity index is 357. The molecule has 0 unspecified atom stereocenters. The molecule has 3 nitrogen and oxygen atoms in total. The van der Waals surface area contributed by atoms with E-state index >= 15 is 0 Å². The van der Waals surface area contributed by atoms with Crippen LogP contribution in [0.15, 0.2) is 24.3 Å². The summed E-state index contributed by atoms with van der Waals surface area (Å²) in [6.45, 7) is 4.38. The number of hydrogen-bond donors (Lipinski definition) is 1. The molecule has 0 aliphatic carbocycles. The summed E-state index contributed by atoms with van der Waals surface area (Å²) in [5, 5.41) is 0. The summed E-state index contributed by atoms with van der Waals surface area (Å²) in [6.07, 6.45) is 1.28. The van der Waals surface area contributed by atoms with E-state index in [-0.39, 0.29) is 18.4 Å². The Morgan fingerprint density at radius 1 is 1.29 bits per heavy atom. The Labute approximate surface area is 103 Å². The Kier molecular flexibility index (Phi) is 5.16. The second-order valence-corrected chi connectivity index (χ2v) is 4.73. The van der Waals surface area contributed by atoms with E-state index in [2.05, 4.69) is 30.7 Å². The molecule has 0 aromatic heterocycles. The lowest BCUT2D eigenvalue weighted by Crippen LogP contribution is -2.16. The van der Waals surface area contributed by atoms with Gasteiger partial charge in [0, 0.05) is 6.04 Å². The molecule has 1 aromatic carbocycles. The minimum atomic E-state index is -0.282. The van der Waals surface area contributed by atoms with E-state index in [4.69, 9.17) is 5.73 Å². The number of hydrogen-bond acceptors (Lipinski definition) is 3. The molecule has 0 amide bonds. The molecule has 2 N–H and O–H groups in total. The lowest BCUT2D eigenvalue weighted by molar-refractivity contribution is -0.141. The van der Waals surface area contributed by atoms with E-state index < -0.39 is 0 Å². The number of nitrogens with two attached hydrogens (primary N) is 1. The molecule has 0 aliphatic heterocycles. The molecule has 1 atom stereocenters. The first-order valence-corrected chi connectivity index (χ1v) is 5.94. The van der Waals surface area contributed by atoms with Crippen LogP contribution in [0.3, 0.4) is 0 Å². The highest BCUT2D eigenvalue weighted by atomic mass is 16.5. The fourth-order valence-electron chi connectivity index (χ4n) is 1.75. The van der Waals surface area contributed by atoms with Crippen molar-refractivity contribution in [3.05, 3.63) is 35.4 Å². The van der Waals surface area contributed by atoms with E-state index in [0.717, 1.165) is 12.0 Å². The molecule has 0 aliphatic rings. The molecule has 0 saturated carbocycles. The zero-order valence-electron chi connectivity index (χ0n) is 10.8. The van der Waals surface area contributed by atoms with Crippen LogP contribution in [0.4, 0.5) is 0 Å². The molecular weight excluding hydrogens is 214 g/mol. The Hall–Kier alpha value is -1.35. The lowest BCUT2D eigenvalue weighted by Gasteiger charge is -2.12. The number of rotatable bonds is 5. The zero-order chi connectivity index (χ0) is 12.8. The highest BCUT2D eigenvalue weighted by Gasteiger charge is 2.11. The molecule has 3 heteroatoms. The summed E-state index contributed by atoms with van der Waals surface area (Å²) in [5.74, 6) is 0.369. The molecule has 0 radical (unpaired) electrons. The number of esters is 1. The van der Waals surface area contributed by atoms with E-state index in [9.17, 15) is 4.79 Å². The summed E-state index contributed by atoms with van der Waals surface area (Å²) in [7, 11) is 1.38. The molecule has 94 valence electrons. The first-order chi connectivity index (χ1) is 8.02. The third kappa shape index (κ3) is 4.57. The zero-order valence-corrected chi connectivity index (χ0v) is 10.8. The maximum Gasteiger partial charge on any atom is 0.307 e. The summed E-state index contributed by atoms with van der Waals surface area (Å²) in [5.41, 5.74) is 8.20. The quantitative estimate of drug-likeness (QED) is 0.797. The fourth-order valence-corrected chi connectivity index (χ4v) is 1.75. The molecule has 0 heterocycles. The molecule has 17 heavy (non-hydrogen) atoms. The smallest absolute Gasteiger partial charge is 0.307 e. The van der Waals surface area contributed by atoms with Crippen LogP contribution in [-0.4, -0.2) is 13.1 Å².